The van der Waals surface area contributed by atoms with E-state index < -0.39 is 0 Å². The summed E-state index contributed by atoms with van der Waals surface area (Å²) in [6, 6.07) is 10.9. The summed E-state index contributed by atoms with van der Waals surface area (Å²) in [5.74, 6) is 0.0615. The van der Waals surface area contributed by atoms with Gasteiger partial charge in [0.25, 0.3) is 5.56 Å². The standard InChI is InChI=1S/C15H13FN4O/c1-20(11-5-2-9(16)3-6-11)15-18-13-7-4-10(17)8-12(13)14(21)19-15/h2-8H,17H2,1H3,(H,18,19,21). The smallest absolute Gasteiger partial charge is 0.260 e. The van der Waals surface area contributed by atoms with Crippen molar-refractivity contribution in [2.75, 3.05) is 17.7 Å². The predicted molar refractivity (Wildman–Crippen MR) is 81.2 cm³/mol. The number of aromatic nitrogens is 2. The van der Waals surface area contributed by atoms with Gasteiger partial charge in [0.1, 0.15) is 5.82 Å². The minimum absolute atomic E-state index is 0.267. The molecule has 2 aromatic carbocycles. The Morgan fingerprint density at radius 2 is 1.90 bits per heavy atom. The fourth-order valence-corrected chi connectivity index (χ4v) is 2.09. The molecule has 0 spiro atoms. The van der Waals surface area contributed by atoms with Crippen molar-refractivity contribution in [3.05, 3.63) is 58.6 Å². The number of nitrogens with one attached hydrogen (secondary N) is 1. The summed E-state index contributed by atoms with van der Waals surface area (Å²) in [7, 11) is 1.74. The third-order valence-electron chi connectivity index (χ3n) is 3.25. The number of rotatable bonds is 2. The van der Waals surface area contributed by atoms with Gasteiger partial charge in [-0.3, -0.25) is 9.78 Å². The molecule has 0 saturated carbocycles. The first-order valence-corrected chi connectivity index (χ1v) is 6.33. The quantitative estimate of drug-likeness (QED) is 0.709. The molecule has 0 aliphatic rings. The van der Waals surface area contributed by atoms with Crippen molar-refractivity contribution in [3.63, 3.8) is 0 Å². The maximum Gasteiger partial charge on any atom is 0.260 e. The van der Waals surface area contributed by atoms with E-state index in [1.165, 1.54) is 12.1 Å². The number of H-pyrrole nitrogens is 1. The predicted octanol–water partition coefficient (Wildman–Crippen LogP) is 2.41. The second-order valence-electron chi connectivity index (χ2n) is 4.70. The van der Waals surface area contributed by atoms with Gasteiger partial charge in [0, 0.05) is 18.4 Å². The fourth-order valence-electron chi connectivity index (χ4n) is 2.09. The van der Waals surface area contributed by atoms with Crippen LogP contribution in [-0.4, -0.2) is 17.0 Å². The maximum atomic E-state index is 13.0. The summed E-state index contributed by atoms with van der Waals surface area (Å²) in [6.45, 7) is 0. The van der Waals surface area contributed by atoms with Gasteiger partial charge in [-0.2, -0.15) is 0 Å². The van der Waals surface area contributed by atoms with Crippen LogP contribution in [-0.2, 0) is 0 Å². The van der Waals surface area contributed by atoms with E-state index >= 15 is 0 Å². The molecule has 0 unspecified atom stereocenters. The van der Waals surface area contributed by atoms with Crippen LogP contribution in [0.4, 0.5) is 21.7 Å². The first-order valence-electron chi connectivity index (χ1n) is 6.33. The lowest BCUT2D eigenvalue weighted by Gasteiger charge is -2.18. The highest BCUT2D eigenvalue weighted by Gasteiger charge is 2.10. The lowest BCUT2D eigenvalue weighted by molar-refractivity contribution is 0.628. The van der Waals surface area contributed by atoms with Gasteiger partial charge in [-0.25, -0.2) is 9.37 Å². The number of nitrogen functional groups attached to an aromatic ring is 1. The fraction of sp³-hybridized carbons (Fsp3) is 0.0667. The number of halogens is 1. The number of anilines is 3. The van der Waals surface area contributed by atoms with Crippen molar-refractivity contribution in [1.82, 2.24) is 9.97 Å². The van der Waals surface area contributed by atoms with Crippen LogP contribution in [0.25, 0.3) is 10.9 Å². The first-order chi connectivity index (χ1) is 10.0. The molecule has 6 heteroatoms. The number of fused-ring (bicyclic) bond motifs is 1. The van der Waals surface area contributed by atoms with Gasteiger partial charge in [-0.15, -0.1) is 0 Å². The Labute approximate surface area is 119 Å². The molecule has 0 radical (unpaired) electrons. The Hall–Kier alpha value is -2.89. The molecule has 0 bridgehead atoms. The molecule has 3 N–H and O–H groups in total. The van der Waals surface area contributed by atoms with E-state index in [-0.39, 0.29) is 11.4 Å². The van der Waals surface area contributed by atoms with Gasteiger partial charge in [0.15, 0.2) is 0 Å². The van der Waals surface area contributed by atoms with Crippen LogP contribution >= 0.6 is 0 Å². The third kappa shape index (κ3) is 2.43. The second kappa shape index (κ2) is 4.90. The number of aromatic amines is 1. The summed E-state index contributed by atoms with van der Waals surface area (Å²) < 4.78 is 13.0. The van der Waals surface area contributed by atoms with Crippen molar-refractivity contribution in [3.8, 4) is 0 Å². The van der Waals surface area contributed by atoms with E-state index in [1.807, 2.05) is 0 Å². The minimum atomic E-state index is -0.317. The van der Waals surface area contributed by atoms with Crippen molar-refractivity contribution in [2.24, 2.45) is 0 Å². The number of nitrogens with zero attached hydrogens (tertiary/aromatic N) is 2. The molecule has 0 amide bonds. The lowest BCUT2D eigenvalue weighted by atomic mass is 10.2. The van der Waals surface area contributed by atoms with Crippen LogP contribution in [0.3, 0.4) is 0 Å². The monoisotopic (exact) mass is 284 g/mol. The van der Waals surface area contributed by atoms with Crippen LogP contribution in [0.5, 0.6) is 0 Å². The number of benzene rings is 2. The van der Waals surface area contributed by atoms with Crippen molar-refractivity contribution in [2.45, 2.75) is 0 Å². The zero-order valence-electron chi connectivity index (χ0n) is 11.3. The van der Waals surface area contributed by atoms with Gasteiger partial charge >= 0.3 is 0 Å². The van der Waals surface area contributed by atoms with Gasteiger partial charge in [0.05, 0.1) is 10.9 Å². The zero-order valence-corrected chi connectivity index (χ0v) is 11.3. The van der Waals surface area contributed by atoms with Crippen LogP contribution in [0.1, 0.15) is 0 Å². The van der Waals surface area contributed by atoms with Gasteiger partial charge in [-0.05, 0) is 42.5 Å². The Morgan fingerprint density at radius 3 is 2.62 bits per heavy atom. The highest BCUT2D eigenvalue weighted by Crippen LogP contribution is 2.21. The largest absolute Gasteiger partial charge is 0.399 e. The Bertz CT molecular complexity index is 858. The molecule has 3 rings (SSSR count). The molecular weight excluding hydrogens is 271 g/mol. The van der Waals surface area contributed by atoms with Gasteiger partial charge in [0.2, 0.25) is 5.95 Å². The van der Waals surface area contributed by atoms with Gasteiger partial charge in [-0.1, -0.05) is 0 Å². The summed E-state index contributed by atoms with van der Waals surface area (Å²) in [5, 5.41) is 0.436. The van der Waals surface area contributed by atoms with E-state index in [2.05, 4.69) is 9.97 Å². The molecule has 0 fully saturated rings. The highest BCUT2D eigenvalue weighted by atomic mass is 19.1. The summed E-state index contributed by atoms with van der Waals surface area (Å²) >= 11 is 0. The molecule has 0 saturated heterocycles. The maximum absolute atomic E-state index is 13.0. The molecule has 21 heavy (non-hydrogen) atoms. The SMILES string of the molecule is CN(c1ccc(F)cc1)c1nc2ccc(N)cc2c(=O)[nH]1. The van der Waals surface area contributed by atoms with E-state index in [1.54, 1.807) is 42.3 Å². The van der Waals surface area contributed by atoms with Crippen molar-refractivity contribution >= 4 is 28.2 Å². The molecule has 0 aliphatic heterocycles. The molecular formula is C15H13FN4O. The Kier molecular flexibility index (Phi) is 3.06. The van der Waals surface area contributed by atoms with E-state index in [9.17, 15) is 9.18 Å². The minimum Gasteiger partial charge on any atom is -0.399 e. The average Bonchev–Trinajstić information content (AvgIpc) is 2.48. The van der Waals surface area contributed by atoms with Crippen LogP contribution < -0.4 is 16.2 Å². The molecule has 0 atom stereocenters. The van der Waals surface area contributed by atoms with Crippen LogP contribution in [0, 0.1) is 5.82 Å². The number of nitrogens with two attached hydrogens (primary N) is 1. The van der Waals surface area contributed by atoms with E-state index in [4.69, 9.17) is 5.73 Å². The average molecular weight is 284 g/mol. The highest BCUT2D eigenvalue weighted by molar-refractivity contribution is 5.82. The summed E-state index contributed by atoms with van der Waals surface area (Å²) in [4.78, 5) is 20.9. The summed E-state index contributed by atoms with van der Waals surface area (Å²) in [6.07, 6.45) is 0. The molecule has 1 heterocycles. The van der Waals surface area contributed by atoms with Crippen molar-refractivity contribution < 1.29 is 4.39 Å². The zero-order chi connectivity index (χ0) is 15.0. The molecule has 106 valence electrons. The second-order valence-corrected chi connectivity index (χ2v) is 4.70. The topological polar surface area (TPSA) is 75.0 Å². The van der Waals surface area contributed by atoms with E-state index in [0.717, 1.165) is 0 Å². The summed E-state index contributed by atoms with van der Waals surface area (Å²) in [5.41, 5.74) is 7.18. The first kappa shape index (κ1) is 13.1. The number of hydrogen-bond donors (Lipinski definition) is 2. The van der Waals surface area contributed by atoms with Crippen LogP contribution in [0.2, 0.25) is 0 Å². The third-order valence-corrected chi connectivity index (χ3v) is 3.25. The molecule has 5 nitrogen and oxygen atoms in total. The van der Waals surface area contributed by atoms with E-state index in [0.29, 0.717) is 28.2 Å². The number of hydrogen-bond acceptors (Lipinski definition) is 4. The lowest BCUT2D eigenvalue weighted by Crippen LogP contribution is -2.18. The van der Waals surface area contributed by atoms with Crippen molar-refractivity contribution in [1.29, 1.82) is 0 Å². The molecule has 3 aromatic rings. The normalized spacial score (nSPS) is 10.8. The van der Waals surface area contributed by atoms with Gasteiger partial charge < -0.3 is 10.6 Å². The Balaban J connectivity index is 2.10. The molecule has 0 aliphatic carbocycles. The molecule has 1 aromatic heterocycles. The van der Waals surface area contributed by atoms with Crippen LogP contribution in [0.15, 0.2) is 47.3 Å². The Morgan fingerprint density at radius 1 is 1.19 bits per heavy atom.